The van der Waals surface area contributed by atoms with E-state index in [2.05, 4.69) is 11.4 Å². The predicted octanol–water partition coefficient (Wildman–Crippen LogP) is 2.13. The van der Waals surface area contributed by atoms with Crippen molar-refractivity contribution in [3.63, 3.8) is 0 Å². The molecule has 1 fully saturated rings. The number of nitriles is 1. The topological polar surface area (TPSA) is 74.7 Å². The lowest BCUT2D eigenvalue weighted by molar-refractivity contribution is 0.491. The van der Waals surface area contributed by atoms with E-state index < -0.39 is 0 Å². The lowest BCUT2D eigenvalue weighted by Crippen LogP contribution is -2.43. The summed E-state index contributed by atoms with van der Waals surface area (Å²) in [6.45, 7) is 0.608. The van der Waals surface area contributed by atoms with E-state index in [4.69, 9.17) is 10.7 Å². The number of rotatable bonds is 3. The minimum atomic E-state index is -0.0502. The van der Waals surface area contributed by atoms with Gasteiger partial charge in [-0.05, 0) is 43.7 Å². The van der Waals surface area contributed by atoms with Crippen LogP contribution in [-0.2, 0) is 12.8 Å². The summed E-state index contributed by atoms with van der Waals surface area (Å²) in [5, 5.41) is 12.8. The maximum atomic E-state index is 9.32. The van der Waals surface area contributed by atoms with Crippen molar-refractivity contribution >= 4 is 5.82 Å². The number of aromatic nitrogens is 1. The molecule has 19 heavy (non-hydrogen) atoms. The van der Waals surface area contributed by atoms with Gasteiger partial charge >= 0.3 is 0 Å². The van der Waals surface area contributed by atoms with Crippen molar-refractivity contribution in [2.45, 2.75) is 50.5 Å². The molecule has 0 bridgehead atoms. The van der Waals surface area contributed by atoms with Crippen LogP contribution in [0, 0.1) is 11.3 Å². The number of pyridine rings is 1. The number of fused-ring (bicyclic) bond motifs is 1. The van der Waals surface area contributed by atoms with E-state index >= 15 is 0 Å². The molecule has 0 aromatic carbocycles. The smallest absolute Gasteiger partial charge is 0.144 e. The average Bonchev–Trinajstić information content (AvgIpc) is 3.07. The SMILES string of the molecule is N#Cc1cc2c(nc1NC1(CN)CCCC1)CCC2. The molecule has 0 aliphatic heterocycles. The molecule has 0 spiro atoms. The zero-order valence-electron chi connectivity index (χ0n) is 11.2. The van der Waals surface area contributed by atoms with E-state index in [1.807, 2.05) is 6.07 Å². The minimum Gasteiger partial charge on any atom is -0.362 e. The lowest BCUT2D eigenvalue weighted by Gasteiger charge is -2.30. The number of nitrogens with zero attached hydrogens (tertiary/aromatic N) is 2. The van der Waals surface area contributed by atoms with Crippen LogP contribution in [0.5, 0.6) is 0 Å². The molecule has 2 aliphatic carbocycles. The highest BCUT2D eigenvalue weighted by atomic mass is 15.1. The summed E-state index contributed by atoms with van der Waals surface area (Å²) in [7, 11) is 0. The fourth-order valence-corrected chi connectivity index (χ4v) is 3.34. The van der Waals surface area contributed by atoms with E-state index in [9.17, 15) is 5.26 Å². The van der Waals surface area contributed by atoms with Crippen molar-refractivity contribution in [1.82, 2.24) is 4.98 Å². The molecule has 1 aromatic heterocycles. The van der Waals surface area contributed by atoms with Crippen LogP contribution in [0.25, 0.3) is 0 Å². The van der Waals surface area contributed by atoms with Crippen molar-refractivity contribution in [1.29, 1.82) is 5.26 Å². The molecule has 3 rings (SSSR count). The summed E-state index contributed by atoms with van der Waals surface area (Å²) in [6, 6.07) is 4.29. The van der Waals surface area contributed by atoms with Gasteiger partial charge in [-0.2, -0.15) is 5.26 Å². The standard InChI is InChI=1S/C15H20N4/c16-9-12-8-11-4-3-5-13(11)18-14(12)19-15(10-17)6-1-2-7-15/h8H,1-7,10,17H2,(H,18,19). The summed E-state index contributed by atoms with van der Waals surface area (Å²) in [6.07, 6.45) is 7.80. The van der Waals surface area contributed by atoms with Gasteiger partial charge in [0.15, 0.2) is 0 Å². The predicted molar refractivity (Wildman–Crippen MR) is 74.9 cm³/mol. The molecule has 1 aromatic rings. The molecule has 3 N–H and O–H groups in total. The Morgan fingerprint density at radius 3 is 2.79 bits per heavy atom. The molecule has 0 saturated heterocycles. The first kappa shape index (κ1) is 12.4. The van der Waals surface area contributed by atoms with Crippen molar-refractivity contribution in [2.75, 3.05) is 11.9 Å². The van der Waals surface area contributed by atoms with Crippen LogP contribution in [0.4, 0.5) is 5.82 Å². The van der Waals surface area contributed by atoms with Crippen LogP contribution in [-0.4, -0.2) is 17.1 Å². The lowest BCUT2D eigenvalue weighted by atomic mass is 9.97. The first-order valence-corrected chi connectivity index (χ1v) is 7.17. The van der Waals surface area contributed by atoms with Crippen LogP contribution in [0.2, 0.25) is 0 Å². The molecule has 1 heterocycles. The van der Waals surface area contributed by atoms with Gasteiger partial charge in [0, 0.05) is 12.2 Å². The van der Waals surface area contributed by atoms with Crippen LogP contribution in [0.3, 0.4) is 0 Å². The van der Waals surface area contributed by atoms with Gasteiger partial charge in [-0.1, -0.05) is 12.8 Å². The highest BCUT2D eigenvalue weighted by molar-refractivity contribution is 5.56. The number of anilines is 1. The molecule has 0 amide bonds. The Morgan fingerprint density at radius 2 is 2.11 bits per heavy atom. The van der Waals surface area contributed by atoms with Crippen molar-refractivity contribution < 1.29 is 0 Å². The Bertz CT molecular complexity index is 524. The van der Waals surface area contributed by atoms with Gasteiger partial charge < -0.3 is 11.1 Å². The van der Waals surface area contributed by atoms with E-state index in [1.165, 1.54) is 18.4 Å². The van der Waals surface area contributed by atoms with Gasteiger partial charge in [0.2, 0.25) is 0 Å². The molecule has 0 radical (unpaired) electrons. The largest absolute Gasteiger partial charge is 0.362 e. The van der Waals surface area contributed by atoms with Gasteiger partial charge in [-0.15, -0.1) is 0 Å². The van der Waals surface area contributed by atoms with Crippen molar-refractivity contribution in [3.8, 4) is 6.07 Å². The van der Waals surface area contributed by atoms with E-state index in [0.717, 1.165) is 43.6 Å². The van der Waals surface area contributed by atoms with Crippen LogP contribution in [0.15, 0.2) is 6.07 Å². The third-order valence-electron chi connectivity index (χ3n) is 4.51. The number of aryl methyl sites for hydroxylation is 2. The normalized spacial score (nSPS) is 20.0. The van der Waals surface area contributed by atoms with Gasteiger partial charge in [0.05, 0.1) is 11.1 Å². The van der Waals surface area contributed by atoms with Gasteiger partial charge in [0.25, 0.3) is 0 Å². The molecule has 0 unspecified atom stereocenters. The maximum Gasteiger partial charge on any atom is 0.144 e. The third kappa shape index (κ3) is 2.19. The van der Waals surface area contributed by atoms with Gasteiger partial charge in [0.1, 0.15) is 11.9 Å². The fourth-order valence-electron chi connectivity index (χ4n) is 3.34. The van der Waals surface area contributed by atoms with Crippen molar-refractivity contribution in [2.24, 2.45) is 5.73 Å². The Hall–Kier alpha value is -1.60. The first-order chi connectivity index (χ1) is 9.26. The zero-order chi connectivity index (χ0) is 13.3. The second-order valence-corrected chi connectivity index (χ2v) is 5.77. The second kappa shape index (κ2) is 4.82. The molecule has 1 saturated carbocycles. The van der Waals surface area contributed by atoms with E-state index in [-0.39, 0.29) is 5.54 Å². The van der Waals surface area contributed by atoms with Gasteiger partial charge in [-0.25, -0.2) is 4.98 Å². The Morgan fingerprint density at radius 1 is 1.32 bits per heavy atom. The molecule has 4 heteroatoms. The summed E-state index contributed by atoms with van der Waals surface area (Å²) < 4.78 is 0. The molecule has 100 valence electrons. The van der Waals surface area contributed by atoms with Crippen LogP contribution in [0.1, 0.15) is 48.9 Å². The monoisotopic (exact) mass is 256 g/mol. The summed E-state index contributed by atoms with van der Waals surface area (Å²) in [5.74, 6) is 0.746. The number of hydrogen-bond acceptors (Lipinski definition) is 4. The average molecular weight is 256 g/mol. The molecule has 0 atom stereocenters. The van der Waals surface area contributed by atoms with Crippen LogP contribution < -0.4 is 11.1 Å². The zero-order valence-corrected chi connectivity index (χ0v) is 11.2. The second-order valence-electron chi connectivity index (χ2n) is 5.77. The Labute approximate surface area is 114 Å². The summed E-state index contributed by atoms with van der Waals surface area (Å²) in [4.78, 5) is 4.69. The molecular weight excluding hydrogens is 236 g/mol. The molecule has 2 aliphatic rings. The quantitative estimate of drug-likeness (QED) is 0.868. The Balaban J connectivity index is 1.94. The maximum absolute atomic E-state index is 9.32. The van der Waals surface area contributed by atoms with Crippen LogP contribution >= 0.6 is 0 Å². The molecule has 4 nitrogen and oxygen atoms in total. The summed E-state index contributed by atoms with van der Waals surface area (Å²) in [5.41, 5.74) is 8.97. The van der Waals surface area contributed by atoms with Crippen molar-refractivity contribution in [3.05, 3.63) is 22.9 Å². The highest BCUT2D eigenvalue weighted by Gasteiger charge is 2.33. The highest BCUT2D eigenvalue weighted by Crippen LogP contribution is 2.34. The number of nitrogens with one attached hydrogen (secondary N) is 1. The third-order valence-corrected chi connectivity index (χ3v) is 4.51. The first-order valence-electron chi connectivity index (χ1n) is 7.17. The minimum absolute atomic E-state index is 0.0502. The molecular formula is C15H20N4. The Kier molecular flexibility index (Phi) is 3.16. The van der Waals surface area contributed by atoms with E-state index in [0.29, 0.717) is 12.1 Å². The fraction of sp³-hybridized carbons (Fsp3) is 0.600. The number of nitrogens with two attached hydrogens (primary N) is 1. The van der Waals surface area contributed by atoms with Gasteiger partial charge in [-0.3, -0.25) is 0 Å². The number of hydrogen-bond donors (Lipinski definition) is 2. The summed E-state index contributed by atoms with van der Waals surface area (Å²) >= 11 is 0. The van der Waals surface area contributed by atoms with E-state index in [1.54, 1.807) is 0 Å².